The number of hydrogen-bond donors (Lipinski definition) is 0. The summed E-state index contributed by atoms with van der Waals surface area (Å²) in [4.78, 5) is 48.9. The standard InChI is InChI=1S/C27H30O8/c1-17(25(29)35-21(5)27(31)34-19(3)23-14-10-7-11-15-23)16-24(28)32-20(4)26(30)33-18(2)22-12-8-6-9-13-22/h6-15,18-21H,1,16H2,2-5H3. The van der Waals surface area contributed by atoms with E-state index in [9.17, 15) is 19.2 Å². The molecule has 0 aliphatic heterocycles. The lowest BCUT2D eigenvalue weighted by atomic mass is 10.1. The number of hydrogen-bond acceptors (Lipinski definition) is 8. The lowest BCUT2D eigenvalue weighted by Crippen LogP contribution is -2.29. The van der Waals surface area contributed by atoms with Crippen LogP contribution < -0.4 is 0 Å². The average molecular weight is 483 g/mol. The topological polar surface area (TPSA) is 105 Å². The van der Waals surface area contributed by atoms with E-state index in [1.165, 1.54) is 13.8 Å². The minimum Gasteiger partial charge on any atom is -0.455 e. The van der Waals surface area contributed by atoms with Crippen LogP contribution in [-0.2, 0) is 38.1 Å². The zero-order chi connectivity index (χ0) is 26.0. The quantitative estimate of drug-likeness (QED) is 0.264. The van der Waals surface area contributed by atoms with Crippen LogP contribution in [0, 0.1) is 0 Å². The van der Waals surface area contributed by atoms with E-state index in [1.54, 1.807) is 26.0 Å². The van der Waals surface area contributed by atoms with Gasteiger partial charge in [-0.05, 0) is 38.8 Å². The molecule has 35 heavy (non-hydrogen) atoms. The molecule has 0 bridgehead atoms. The second-order valence-corrected chi connectivity index (χ2v) is 7.94. The van der Waals surface area contributed by atoms with Crippen LogP contribution in [0.2, 0.25) is 0 Å². The second kappa shape index (κ2) is 13.1. The molecule has 186 valence electrons. The molecule has 0 aliphatic carbocycles. The molecule has 8 heteroatoms. The second-order valence-electron chi connectivity index (χ2n) is 7.94. The molecule has 0 aromatic heterocycles. The number of rotatable bonds is 11. The zero-order valence-electron chi connectivity index (χ0n) is 20.3. The van der Waals surface area contributed by atoms with E-state index in [2.05, 4.69) is 6.58 Å². The Bertz CT molecular complexity index is 1030. The third-order valence-electron chi connectivity index (χ3n) is 5.03. The SMILES string of the molecule is C=C(CC(=O)OC(C)C(=O)OC(C)c1ccccc1)C(=O)OC(C)C(=O)OC(C)c1ccccc1. The van der Waals surface area contributed by atoms with Crippen molar-refractivity contribution >= 4 is 23.9 Å². The first-order valence-electron chi connectivity index (χ1n) is 11.2. The molecular weight excluding hydrogens is 452 g/mol. The molecule has 2 aromatic carbocycles. The Hall–Kier alpha value is -3.94. The smallest absolute Gasteiger partial charge is 0.347 e. The highest BCUT2D eigenvalue weighted by Gasteiger charge is 2.26. The van der Waals surface area contributed by atoms with Crippen molar-refractivity contribution in [1.82, 2.24) is 0 Å². The van der Waals surface area contributed by atoms with E-state index in [4.69, 9.17) is 18.9 Å². The van der Waals surface area contributed by atoms with E-state index >= 15 is 0 Å². The number of carbonyl (C=O) groups is 4. The van der Waals surface area contributed by atoms with Gasteiger partial charge in [0.05, 0.1) is 6.42 Å². The first kappa shape index (κ1) is 27.3. The van der Waals surface area contributed by atoms with Gasteiger partial charge in [0.25, 0.3) is 0 Å². The molecule has 0 N–H and O–H groups in total. The minimum absolute atomic E-state index is 0.232. The van der Waals surface area contributed by atoms with Gasteiger partial charge in [-0.1, -0.05) is 67.2 Å². The van der Waals surface area contributed by atoms with Crippen LogP contribution in [0.15, 0.2) is 72.8 Å². The summed E-state index contributed by atoms with van der Waals surface area (Å²) in [6.45, 7) is 9.63. The van der Waals surface area contributed by atoms with Gasteiger partial charge in [-0.25, -0.2) is 14.4 Å². The monoisotopic (exact) mass is 482 g/mol. The van der Waals surface area contributed by atoms with Crippen molar-refractivity contribution in [2.24, 2.45) is 0 Å². The van der Waals surface area contributed by atoms with Gasteiger partial charge in [0.15, 0.2) is 12.2 Å². The summed E-state index contributed by atoms with van der Waals surface area (Å²) < 4.78 is 20.7. The van der Waals surface area contributed by atoms with Gasteiger partial charge in [-0.2, -0.15) is 0 Å². The molecule has 0 radical (unpaired) electrons. The summed E-state index contributed by atoms with van der Waals surface area (Å²) in [5, 5.41) is 0. The number of carbonyl (C=O) groups excluding carboxylic acids is 4. The summed E-state index contributed by atoms with van der Waals surface area (Å²) >= 11 is 0. The van der Waals surface area contributed by atoms with Crippen LogP contribution in [0.25, 0.3) is 0 Å². The molecule has 8 nitrogen and oxygen atoms in total. The van der Waals surface area contributed by atoms with Crippen molar-refractivity contribution in [1.29, 1.82) is 0 Å². The van der Waals surface area contributed by atoms with Crippen LogP contribution in [0.1, 0.15) is 57.5 Å². The number of ether oxygens (including phenoxy) is 4. The fraction of sp³-hybridized carbons (Fsp3) is 0.333. The highest BCUT2D eigenvalue weighted by atomic mass is 16.6. The third-order valence-corrected chi connectivity index (χ3v) is 5.03. The summed E-state index contributed by atoms with van der Waals surface area (Å²) in [7, 11) is 0. The average Bonchev–Trinajstić information content (AvgIpc) is 2.84. The van der Waals surface area contributed by atoms with E-state index < -0.39 is 54.7 Å². The minimum atomic E-state index is -1.21. The van der Waals surface area contributed by atoms with Crippen molar-refractivity contribution in [2.45, 2.75) is 58.5 Å². The normalized spacial score (nSPS) is 13.9. The van der Waals surface area contributed by atoms with E-state index in [0.29, 0.717) is 0 Å². The maximum absolute atomic E-state index is 12.2. The highest BCUT2D eigenvalue weighted by Crippen LogP contribution is 2.19. The van der Waals surface area contributed by atoms with E-state index in [-0.39, 0.29) is 5.57 Å². The van der Waals surface area contributed by atoms with Crippen molar-refractivity contribution in [3.63, 3.8) is 0 Å². The maximum Gasteiger partial charge on any atom is 0.347 e. The summed E-state index contributed by atoms with van der Waals surface area (Å²) in [5.74, 6) is -3.29. The molecule has 0 fully saturated rings. The Morgan fingerprint density at radius 3 is 1.49 bits per heavy atom. The molecule has 0 amide bonds. The molecule has 2 aromatic rings. The van der Waals surface area contributed by atoms with Crippen molar-refractivity contribution in [3.05, 3.63) is 83.9 Å². The lowest BCUT2D eigenvalue weighted by Gasteiger charge is -2.18. The van der Waals surface area contributed by atoms with Gasteiger partial charge >= 0.3 is 23.9 Å². The third kappa shape index (κ3) is 8.73. The number of esters is 4. The van der Waals surface area contributed by atoms with E-state index in [0.717, 1.165) is 11.1 Å². The van der Waals surface area contributed by atoms with Crippen molar-refractivity contribution < 1.29 is 38.1 Å². The molecule has 2 rings (SSSR count). The van der Waals surface area contributed by atoms with Crippen LogP contribution in [0.4, 0.5) is 0 Å². The zero-order valence-corrected chi connectivity index (χ0v) is 20.3. The van der Waals surface area contributed by atoms with Crippen LogP contribution in [0.5, 0.6) is 0 Å². The maximum atomic E-state index is 12.2. The molecule has 0 spiro atoms. The highest BCUT2D eigenvalue weighted by molar-refractivity contribution is 5.95. The Labute approximate surface area is 204 Å². The van der Waals surface area contributed by atoms with Gasteiger partial charge in [-0.3, -0.25) is 4.79 Å². The summed E-state index contributed by atoms with van der Waals surface area (Å²) in [5.41, 5.74) is 1.35. The lowest BCUT2D eigenvalue weighted by molar-refractivity contribution is -0.170. The summed E-state index contributed by atoms with van der Waals surface area (Å²) in [6, 6.07) is 18.2. The molecular formula is C27H30O8. The van der Waals surface area contributed by atoms with Gasteiger partial charge in [0, 0.05) is 5.57 Å². The van der Waals surface area contributed by atoms with Crippen molar-refractivity contribution in [2.75, 3.05) is 0 Å². The number of benzene rings is 2. The first-order valence-corrected chi connectivity index (χ1v) is 11.2. The van der Waals surface area contributed by atoms with Gasteiger partial charge in [-0.15, -0.1) is 0 Å². The van der Waals surface area contributed by atoms with Crippen molar-refractivity contribution in [3.8, 4) is 0 Å². The van der Waals surface area contributed by atoms with E-state index in [1.807, 2.05) is 48.5 Å². The molecule has 4 atom stereocenters. The van der Waals surface area contributed by atoms with Crippen LogP contribution in [0.3, 0.4) is 0 Å². The Balaban J connectivity index is 1.77. The van der Waals surface area contributed by atoms with Crippen LogP contribution in [-0.4, -0.2) is 36.1 Å². The molecule has 4 unspecified atom stereocenters. The molecule has 0 saturated heterocycles. The van der Waals surface area contributed by atoms with Gasteiger partial charge < -0.3 is 18.9 Å². The fourth-order valence-corrected chi connectivity index (χ4v) is 2.95. The molecule has 0 saturated carbocycles. The first-order chi connectivity index (χ1) is 16.6. The van der Waals surface area contributed by atoms with Gasteiger partial charge in [0.1, 0.15) is 12.2 Å². The predicted octanol–water partition coefficient (Wildman–Crippen LogP) is 4.40. The molecule has 0 aliphatic rings. The van der Waals surface area contributed by atoms with Crippen LogP contribution >= 0.6 is 0 Å². The Kier molecular flexibility index (Phi) is 10.2. The van der Waals surface area contributed by atoms with Gasteiger partial charge in [0.2, 0.25) is 0 Å². The largest absolute Gasteiger partial charge is 0.455 e. The summed E-state index contributed by atoms with van der Waals surface area (Å²) in [6.07, 6.45) is -3.98. The predicted molar refractivity (Wildman–Crippen MR) is 127 cm³/mol. The fourth-order valence-electron chi connectivity index (χ4n) is 2.95. The Morgan fingerprint density at radius 1 is 0.657 bits per heavy atom. The Morgan fingerprint density at radius 2 is 1.06 bits per heavy atom. The molecule has 0 heterocycles.